The number of anilines is 2. The van der Waals surface area contributed by atoms with E-state index in [0.717, 1.165) is 77.8 Å². The first-order chi connectivity index (χ1) is 18.0. The molecular formula is C30H37N5O2. The van der Waals surface area contributed by atoms with Gasteiger partial charge in [0.05, 0.1) is 23.8 Å². The Morgan fingerprint density at radius 2 is 1.76 bits per heavy atom. The van der Waals surface area contributed by atoms with Gasteiger partial charge in [-0.2, -0.15) is 0 Å². The zero-order valence-corrected chi connectivity index (χ0v) is 22.3. The van der Waals surface area contributed by atoms with Gasteiger partial charge < -0.3 is 19.9 Å². The Hall–Kier alpha value is -3.71. The minimum atomic E-state index is 0.0416. The summed E-state index contributed by atoms with van der Waals surface area (Å²) in [5.41, 5.74) is 4.93. The summed E-state index contributed by atoms with van der Waals surface area (Å²) >= 11 is 0. The molecule has 0 aliphatic carbocycles. The molecule has 0 spiro atoms. The standard InChI is InChI=1S/C30H37N5O2/c1-5-6-8-29(36)32-23-9-11-25-28(19-23)33-27-12-10-24(37-4)20-26(27)30(25)35(3)18-7-17-34(2)21-22-13-15-31-16-14-22/h9-16,19-20H,5-8,17-18,21H2,1-4H3,(H,32,36). The Balaban J connectivity index is 1.58. The van der Waals surface area contributed by atoms with Gasteiger partial charge in [0.1, 0.15) is 5.75 Å². The van der Waals surface area contributed by atoms with Crippen molar-refractivity contribution in [3.63, 3.8) is 0 Å². The molecule has 0 radical (unpaired) electrons. The summed E-state index contributed by atoms with van der Waals surface area (Å²) in [6, 6.07) is 16.1. The maximum atomic E-state index is 12.3. The van der Waals surface area contributed by atoms with Crippen molar-refractivity contribution in [3.8, 4) is 5.75 Å². The molecule has 0 bridgehead atoms. The third-order valence-corrected chi connectivity index (χ3v) is 6.61. The van der Waals surface area contributed by atoms with Crippen LogP contribution in [0.3, 0.4) is 0 Å². The van der Waals surface area contributed by atoms with Crippen LogP contribution in [-0.2, 0) is 11.3 Å². The average Bonchev–Trinajstić information content (AvgIpc) is 2.90. The SMILES string of the molecule is CCCCC(=O)Nc1ccc2c(N(C)CCCN(C)Cc3ccncc3)c3cc(OC)ccc3nc2c1. The fraction of sp³-hybridized carbons (Fsp3) is 0.367. The van der Waals surface area contributed by atoms with E-state index in [-0.39, 0.29) is 5.91 Å². The van der Waals surface area contributed by atoms with Gasteiger partial charge in [-0.3, -0.25) is 9.78 Å². The highest BCUT2D eigenvalue weighted by Crippen LogP contribution is 2.36. The molecule has 0 saturated heterocycles. The largest absolute Gasteiger partial charge is 0.497 e. The Morgan fingerprint density at radius 1 is 0.946 bits per heavy atom. The molecule has 4 rings (SSSR count). The van der Waals surface area contributed by atoms with E-state index in [0.29, 0.717) is 6.42 Å². The van der Waals surface area contributed by atoms with Crippen molar-refractivity contribution in [2.75, 3.05) is 44.5 Å². The number of hydrogen-bond donors (Lipinski definition) is 1. The van der Waals surface area contributed by atoms with Crippen molar-refractivity contribution >= 4 is 39.1 Å². The smallest absolute Gasteiger partial charge is 0.224 e. The van der Waals surface area contributed by atoms with Crippen LogP contribution in [0.4, 0.5) is 11.4 Å². The van der Waals surface area contributed by atoms with E-state index in [2.05, 4.69) is 65.4 Å². The Bertz CT molecular complexity index is 1340. The molecule has 0 atom stereocenters. The van der Waals surface area contributed by atoms with Crippen molar-refractivity contribution in [3.05, 3.63) is 66.5 Å². The minimum absolute atomic E-state index is 0.0416. The lowest BCUT2D eigenvalue weighted by Crippen LogP contribution is -2.25. The predicted octanol–water partition coefficient (Wildman–Crippen LogP) is 5.88. The van der Waals surface area contributed by atoms with Gasteiger partial charge in [-0.15, -0.1) is 0 Å². The Kier molecular flexibility index (Phi) is 8.90. The monoisotopic (exact) mass is 499 g/mol. The second-order valence-electron chi connectivity index (χ2n) is 9.60. The summed E-state index contributed by atoms with van der Waals surface area (Å²) in [6.07, 6.45) is 7.11. The van der Waals surface area contributed by atoms with Crippen molar-refractivity contribution in [1.29, 1.82) is 0 Å². The van der Waals surface area contributed by atoms with Crippen molar-refractivity contribution in [1.82, 2.24) is 14.9 Å². The van der Waals surface area contributed by atoms with E-state index in [1.807, 2.05) is 36.7 Å². The topological polar surface area (TPSA) is 70.6 Å². The van der Waals surface area contributed by atoms with Gasteiger partial charge in [-0.1, -0.05) is 13.3 Å². The zero-order valence-electron chi connectivity index (χ0n) is 22.3. The first-order valence-electron chi connectivity index (χ1n) is 13.0. The highest BCUT2D eigenvalue weighted by molar-refractivity contribution is 6.09. The number of benzene rings is 2. The molecule has 1 N–H and O–H groups in total. The molecule has 194 valence electrons. The molecule has 0 saturated carbocycles. The van der Waals surface area contributed by atoms with Gasteiger partial charge in [-0.25, -0.2) is 4.98 Å². The number of unbranched alkanes of at least 4 members (excludes halogenated alkanes) is 1. The molecule has 4 aromatic rings. The number of pyridine rings is 2. The van der Waals surface area contributed by atoms with Gasteiger partial charge >= 0.3 is 0 Å². The maximum Gasteiger partial charge on any atom is 0.224 e. The zero-order chi connectivity index (χ0) is 26.2. The van der Waals surface area contributed by atoms with Gasteiger partial charge in [-0.05, 0) is 80.5 Å². The number of nitrogens with one attached hydrogen (secondary N) is 1. The summed E-state index contributed by atoms with van der Waals surface area (Å²) in [5.74, 6) is 0.847. The van der Waals surface area contributed by atoms with Crippen LogP contribution in [0.15, 0.2) is 60.9 Å². The molecule has 0 unspecified atom stereocenters. The van der Waals surface area contributed by atoms with E-state index in [9.17, 15) is 4.79 Å². The molecule has 7 nitrogen and oxygen atoms in total. The predicted molar refractivity (Wildman–Crippen MR) is 152 cm³/mol. The molecule has 2 aromatic carbocycles. The highest BCUT2D eigenvalue weighted by Gasteiger charge is 2.15. The molecule has 37 heavy (non-hydrogen) atoms. The number of carbonyl (C=O) groups is 1. The Morgan fingerprint density at radius 3 is 2.51 bits per heavy atom. The molecule has 0 fully saturated rings. The number of amides is 1. The molecular weight excluding hydrogens is 462 g/mol. The van der Waals surface area contributed by atoms with Crippen LogP contribution < -0.4 is 15.0 Å². The van der Waals surface area contributed by atoms with Crippen LogP contribution in [0.2, 0.25) is 0 Å². The molecule has 7 heteroatoms. The molecule has 2 aromatic heterocycles. The van der Waals surface area contributed by atoms with Gasteiger partial charge in [0.15, 0.2) is 0 Å². The summed E-state index contributed by atoms with van der Waals surface area (Å²) in [6.45, 7) is 4.86. The lowest BCUT2D eigenvalue weighted by molar-refractivity contribution is -0.116. The van der Waals surface area contributed by atoms with E-state index >= 15 is 0 Å². The summed E-state index contributed by atoms with van der Waals surface area (Å²) < 4.78 is 5.53. The summed E-state index contributed by atoms with van der Waals surface area (Å²) in [5, 5.41) is 5.14. The first-order valence-corrected chi connectivity index (χ1v) is 13.0. The van der Waals surface area contributed by atoms with Crippen molar-refractivity contribution in [2.45, 2.75) is 39.2 Å². The number of aromatic nitrogens is 2. The van der Waals surface area contributed by atoms with E-state index in [1.54, 1.807) is 7.11 Å². The van der Waals surface area contributed by atoms with Crippen LogP contribution in [0, 0.1) is 0 Å². The lowest BCUT2D eigenvalue weighted by atomic mass is 10.1. The fourth-order valence-electron chi connectivity index (χ4n) is 4.65. The number of ether oxygens (including phenoxy) is 1. The third kappa shape index (κ3) is 6.74. The van der Waals surface area contributed by atoms with Crippen LogP contribution in [0.1, 0.15) is 38.2 Å². The summed E-state index contributed by atoms with van der Waals surface area (Å²) in [7, 11) is 5.97. The molecule has 2 heterocycles. The maximum absolute atomic E-state index is 12.3. The fourth-order valence-corrected chi connectivity index (χ4v) is 4.65. The first kappa shape index (κ1) is 26.4. The minimum Gasteiger partial charge on any atom is -0.497 e. The van der Waals surface area contributed by atoms with E-state index < -0.39 is 0 Å². The van der Waals surface area contributed by atoms with Crippen molar-refractivity contribution in [2.24, 2.45) is 0 Å². The Labute approximate surface area is 219 Å². The van der Waals surface area contributed by atoms with E-state index in [1.165, 1.54) is 5.56 Å². The van der Waals surface area contributed by atoms with Crippen LogP contribution >= 0.6 is 0 Å². The number of methoxy groups -OCH3 is 1. The number of nitrogens with zero attached hydrogens (tertiary/aromatic N) is 4. The highest BCUT2D eigenvalue weighted by atomic mass is 16.5. The third-order valence-electron chi connectivity index (χ3n) is 6.61. The number of fused-ring (bicyclic) bond motifs is 2. The van der Waals surface area contributed by atoms with Crippen LogP contribution in [0.25, 0.3) is 21.8 Å². The summed E-state index contributed by atoms with van der Waals surface area (Å²) in [4.78, 5) is 26.0. The normalized spacial score (nSPS) is 11.3. The van der Waals surface area contributed by atoms with Crippen LogP contribution in [-0.4, -0.2) is 55.1 Å². The number of hydrogen-bond acceptors (Lipinski definition) is 6. The van der Waals surface area contributed by atoms with Gasteiger partial charge in [0.2, 0.25) is 5.91 Å². The molecule has 1 amide bonds. The van der Waals surface area contributed by atoms with Gasteiger partial charge in [0.25, 0.3) is 0 Å². The lowest BCUT2D eigenvalue weighted by Gasteiger charge is -2.25. The average molecular weight is 500 g/mol. The second kappa shape index (κ2) is 12.5. The van der Waals surface area contributed by atoms with Crippen LogP contribution in [0.5, 0.6) is 5.75 Å². The quantitative estimate of drug-likeness (QED) is 0.246. The number of rotatable bonds is 12. The molecule has 0 aliphatic heterocycles. The molecule has 0 aliphatic rings. The van der Waals surface area contributed by atoms with E-state index in [4.69, 9.17) is 9.72 Å². The number of carbonyl (C=O) groups excluding carboxylic acids is 1. The van der Waals surface area contributed by atoms with Gasteiger partial charge in [0, 0.05) is 55.4 Å². The van der Waals surface area contributed by atoms with Crippen molar-refractivity contribution < 1.29 is 9.53 Å². The second-order valence-corrected chi connectivity index (χ2v) is 9.60.